The van der Waals surface area contributed by atoms with E-state index in [1.165, 1.54) is 4.88 Å². The van der Waals surface area contributed by atoms with Crippen LogP contribution in [0.4, 0.5) is 0 Å². The number of benzene rings is 1. The second-order valence-electron chi connectivity index (χ2n) is 4.22. The smallest absolute Gasteiger partial charge is 0.0931 e. The molecule has 1 aromatic heterocycles. The van der Waals surface area contributed by atoms with Crippen molar-refractivity contribution in [1.82, 2.24) is 5.32 Å². The Balaban J connectivity index is 2.23. The summed E-state index contributed by atoms with van der Waals surface area (Å²) in [6, 6.07) is 9.83. The van der Waals surface area contributed by atoms with Crippen molar-refractivity contribution in [1.29, 1.82) is 0 Å². The third kappa shape index (κ3) is 4.37. The molecule has 0 saturated heterocycles. The predicted octanol–water partition coefficient (Wildman–Crippen LogP) is 5.60. The van der Waals surface area contributed by atoms with Gasteiger partial charge in [0.05, 0.1) is 4.34 Å². The summed E-state index contributed by atoms with van der Waals surface area (Å²) >= 11 is 19.7. The molecule has 0 aliphatic rings. The minimum absolute atomic E-state index is 0.191. The lowest BCUT2D eigenvalue weighted by Gasteiger charge is -2.18. The fourth-order valence-corrected chi connectivity index (χ4v) is 3.67. The van der Waals surface area contributed by atoms with Crippen molar-refractivity contribution in [3.05, 3.63) is 55.2 Å². The lowest BCUT2D eigenvalue weighted by atomic mass is 10.0. The number of thiophene rings is 1. The Bertz CT molecular complexity index is 533. The van der Waals surface area contributed by atoms with Crippen molar-refractivity contribution in [3.8, 4) is 0 Å². The lowest BCUT2D eigenvalue weighted by molar-refractivity contribution is 0.553. The van der Waals surface area contributed by atoms with Crippen LogP contribution in [0.5, 0.6) is 0 Å². The minimum Gasteiger partial charge on any atom is -0.310 e. The number of hydrogen-bond donors (Lipinski definition) is 1. The average Bonchev–Trinajstić information content (AvgIpc) is 2.73. The number of halogens is 3. The molecule has 0 radical (unpaired) electrons. The zero-order valence-electron chi connectivity index (χ0n) is 10.4. The van der Waals surface area contributed by atoms with E-state index in [1.807, 2.05) is 18.2 Å². The Morgan fingerprint density at radius 2 is 1.79 bits per heavy atom. The summed E-state index contributed by atoms with van der Waals surface area (Å²) < 4.78 is 0.814. The summed E-state index contributed by atoms with van der Waals surface area (Å²) in [6.07, 6.45) is 0.877. The Kier molecular flexibility index (Phi) is 5.55. The highest BCUT2D eigenvalue weighted by Crippen LogP contribution is 2.29. The van der Waals surface area contributed by atoms with E-state index in [9.17, 15) is 0 Å². The van der Waals surface area contributed by atoms with Gasteiger partial charge in [-0.2, -0.15) is 0 Å². The first-order valence-corrected chi connectivity index (χ1v) is 7.97. The summed E-state index contributed by atoms with van der Waals surface area (Å²) in [5, 5.41) is 4.78. The van der Waals surface area contributed by atoms with Gasteiger partial charge in [-0.3, -0.25) is 0 Å². The highest BCUT2D eigenvalue weighted by Gasteiger charge is 2.14. The topological polar surface area (TPSA) is 12.0 Å². The van der Waals surface area contributed by atoms with Crippen molar-refractivity contribution >= 4 is 46.1 Å². The second-order valence-corrected chi connectivity index (χ2v) is 6.90. The Morgan fingerprint density at radius 1 is 1.11 bits per heavy atom. The molecule has 2 aromatic rings. The van der Waals surface area contributed by atoms with E-state index < -0.39 is 0 Å². The number of hydrogen-bond acceptors (Lipinski definition) is 2. The van der Waals surface area contributed by atoms with E-state index in [-0.39, 0.29) is 6.04 Å². The van der Waals surface area contributed by atoms with Gasteiger partial charge in [-0.15, -0.1) is 11.3 Å². The third-order valence-corrected chi connectivity index (χ3v) is 4.46. The maximum absolute atomic E-state index is 6.07. The summed E-state index contributed by atoms with van der Waals surface area (Å²) in [5.41, 5.74) is 1.10. The first-order valence-electron chi connectivity index (χ1n) is 6.02. The molecule has 0 amide bonds. The standard InChI is InChI=1S/C14H14Cl3NS/c1-2-18-13(8-12-3-4-14(17)19-12)9-5-10(15)7-11(16)6-9/h3-7,13,18H,2,8H2,1H3. The van der Waals surface area contributed by atoms with Crippen molar-refractivity contribution in [2.45, 2.75) is 19.4 Å². The van der Waals surface area contributed by atoms with E-state index >= 15 is 0 Å². The molecule has 1 aromatic carbocycles. The van der Waals surface area contributed by atoms with Crippen LogP contribution >= 0.6 is 46.1 Å². The van der Waals surface area contributed by atoms with Crippen LogP contribution in [0.1, 0.15) is 23.4 Å². The van der Waals surface area contributed by atoms with Gasteiger partial charge in [0.2, 0.25) is 0 Å². The molecule has 102 valence electrons. The van der Waals surface area contributed by atoms with E-state index in [2.05, 4.69) is 18.3 Å². The molecule has 0 spiro atoms. The van der Waals surface area contributed by atoms with Crippen molar-refractivity contribution < 1.29 is 0 Å². The maximum atomic E-state index is 6.07. The molecule has 0 aliphatic heterocycles. The average molecular weight is 335 g/mol. The molecular formula is C14H14Cl3NS. The van der Waals surface area contributed by atoms with E-state index in [1.54, 1.807) is 17.4 Å². The highest BCUT2D eigenvalue weighted by atomic mass is 35.5. The van der Waals surface area contributed by atoms with Crippen LogP contribution in [-0.4, -0.2) is 6.54 Å². The molecule has 0 bridgehead atoms. The molecule has 5 heteroatoms. The Morgan fingerprint density at radius 3 is 2.32 bits per heavy atom. The van der Waals surface area contributed by atoms with E-state index in [0.717, 1.165) is 22.9 Å². The van der Waals surface area contributed by atoms with Gasteiger partial charge < -0.3 is 5.32 Å². The van der Waals surface area contributed by atoms with Crippen LogP contribution in [0.15, 0.2) is 30.3 Å². The molecule has 0 aliphatic carbocycles. The van der Waals surface area contributed by atoms with Crippen LogP contribution in [0.3, 0.4) is 0 Å². The van der Waals surface area contributed by atoms with Crippen LogP contribution in [0.2, 0.25) is 14.4 Å². The molecule has 2 rings (SSSR count). The SMILES string of the molecule is CCNC(Cc1ccc(Cl)s1)c1cc(Cl)cc(Cl)c1. The fourth-order valence-electron chi connectivity index (χ4n) is 1.99. The summed E-state index contributed by atoms with van der Waals surface area (Å²) in [7, 11) is 0. The van der Waals surface area contributed by atoms with Crippen LogP contribution in [0.25, 0.3) is 0 Å². The first kappa shape index (κ1) is 15.1. The molecule has 19 heavy (non-hydrogen) atoms. The molecule has 1 heterocycles. The zero-order valence-corrected chi connectivity index (χ0v) is 13.5. The monoisotopic (exact) mass is 333 g/mol. The van der Waals surface area contributed by atoms with Crippen LogP contribution in [0, 0.1) is 0 Å². The van der Waals surface area contributed by atoms with Gasteiger partial charge in [0.25, 0.3) is 0 Å². The second kappa shape index (κ2) is 6.96. The van der Waals surface area contributed by atoms with E-state index in [0.29, 0.717) is 10.0 Å². The summed E-state index contributed by atoms with van der Waals surface area (Å²) in [5.74, 6) is 0. The van der Waals surface area contributed by atoms with Gasteiger partial charge >= 0.3 is 0 Å². The van der Waals surface area contributed by atoms with Gasteiger partial charge in [0, 0.05) is 27.4 Å². The Labute approximate surface area is 132 Å². The van der Waals surface area contributed by atoms with Gasteiger partial charge in [-0.1, -0.05) is 41.7 Å². The number of likely N-dealkylation sites (N-methyl/N-ethyl adjacent to an activating group) is 1. The first-order chi connectivity index (χ1) is 9.08. The zero-order chi connectivity index (χ0) is 13.8. The van der Waals surface area contributed by atoms with Gasteiger partial charge in [0.1, 0.15) is 0 Å². The number of nitrogens with one attached hydrogen (secondary N) is 1. The van der Waals surface area contributed by atoms with Crippen molar-refractivity contribution in [2.75, 3.05) is 6.54 Å². The summed E-state index contributed by atoms with van der Waals surface area (Å²) in [6.45, 7) is 2.97. The Hall–Kier alpha value is -0.250. The van der Waals surface area contributed by atoms with Crippen molar-refractivity contribution in [3.63, 3.8) is 0 Å². The lowest BCUT2D eigenvalue weighted by Crippen LogP contribution is -2.22. The van der Waals surface area contributed by atoms with Gasteiger partial charge in [0.15, 0.2) is 0 Å². The largest absolute Gasteiger partial charge is 0.310 e. The number of rotatable bonds is 5. The molecule has 1 nitrogen and oxygen atoms in total. The third-order valence-electron chi connectivity index (χ3n) is 2.77. The van der Waals surface area contributed by atoms with E-state index in [4.69, 9.17) is 34.8 Å². The molecule has 1 N–H and O–H groups in total. The van der Waals surface area contributed by atoms with Gasteiger partial charge in [-0.05, 0) is 42.4 Å². The molecule has 1 unspecified atom stereocenters. The molecule has 0 saturated carbocycles. The predicted molar refractivity (Wildman–Crippen MR) is 85.9 cm³/mol. The summed E-state index contributed by atoms with van der Waals surface area (Å²) in [4.78, 5) is 1.24. The van der Waals surface area contributed by atoms with Crippen LogP contribution in [-0.2, 0) is 6.42 Å². The molecular weight excluding hydrogens is 321 g/mol. The normalized spacial score (nSPS) is 12.6. The molecule has 1 atom stereocenters. The highest BCUT2D eigenvalue weighted by molar-refractivity contribution is 7.16. The fraction of sp³-hybridized carbons (Fsp3) is 0.286. The molecule has 0 fully saturated rings. The quantitative estimate of drug-likeness (QED) is 0.750. The maximum Gasteiger partial charge on any atom is 0.0931 e. The van der Waals surface area contributed by atoms with Crippen molar-refractivity contribution in [2.24, 2.45) is 0 Å². The minimum atomic E-state index is 0.191. The van der Waals surface area contributed by atoms with Gasteiger partial charge in [-0.25, -0.2) is 0 Å². The van der Waals surface area contributed by atoms with Crippen LogP contribution < -0.4 is 5.32 Å².